The molecule has 0 aliphatic rings. The number of hydrogen-bond acceptors (Lipinski definition) is 2. The quantitative estimate of drug-likeness (QED) is 0.404. The molecule has 0 fully saturated rings. The van der Waals surface area contributed by atoms with Crippen molar-refractivity contribution in [2.24, 2.45) is 0 Å². The van der Waals surface area contributed by atoms with Crippen LogP contribution in [0.5, 0.6) is 0 Å². The number of halogens is 2. The minimum Gasteiger partial charge on any atom is -0.337 e. The Morgan fingerprint density at radius 1 is 1.08 bits per heavy atom. The normalized spacial score (nSPS) is 12.2. The zero-order valence-corrected chi connectivity index (χ0v) is 16.9. The monoisotopic (exact) mass is 404 g/mol. The Labute approximate surface area is 169 Å². The highest BCUT2D eigenvalue weighted by Gasteiger charge is 2.12. The number of benzene rings is 2. The lowest BCUT2D eigenvalue weighted by molar-refractivity contribution is 0.594. The van der Waals surface area contributed by atoms with E-state index in [1.54, 1.807) is 0 Å². The highest BCUT2D eigenvalue weighted by atomic mass is 35.5. The molecule has 3 rings (SSSR count). The molecule has 3 aromatic rings. The Hall–Kier alpha value is -1.42. The van der Waals surface area contributed by atoms with E-state index in [-0.39, 0.29) is 0 Å². The van der Waals surface area contributed by atoms with E-state index in [0.717, 1.165) is 42.1 Å². The molecule has 1 unspecified atom stereocenters. The van der Waals surface area contributed by atoms with Crippen LogP contribution in [-0.2, 0) is 18.7 Å². The summed E-state index contributed by atoms with van der Waals surface area (Å²) >= 11 is 14.3. The van der Waals surface area contributed by atoms with Gasteiger partial charge >= 0.3 is 0 Å². The van der Waals surface area contributed by atoms with Crippen molar-refractivity contribution in [2.45, 2.75) is 36.8 Å². The largest absolute Gasteiger partial charge is 0.337 e. The highest BCUT2D eigenvalue weighted by Crippen LogP contribution is 2.29. The maximum Gasteiger partial charge on any atom is 0.0945 e. The first-order chi connectivity index (χ1) is 12.7. The van der Waals surface area contributed by atoms with Gasteiger partial charge in [-0.3, -0.25) is 0 Å². The Bertz CT molecular complexity index is 791. The van der Waals surface area contributed by atoms with Crippen molar-refractivity contribution < 1.29 is 0 Å². The standard InChI is InChI=1S/C21H22Cl2N2S/c22-19-9-8-18(21(23)14-19)15-26-20(13-17-5-2-1-3-6-17)7-4-11-25-12-10-24-16-25/h1-3,5-6,8-10,12,14,16,20H,4,7,11,13,15H2. The molecule has 0 aliphatic heterocycles. The molecule has 1 aromatic heterocycles. The summed E-state index contributed by atoms with van der Waals surface area (Å²) < 4.78 is 2.14. The Kier molecular flexibility index (Phi) is 7.48. The first-order valence-corrected chi connectivity index (χ1v) is 10.6. The zero-order chi connectivity index (χ0) is 18.2. The molecule has 0 radical (unpaired) electrons. The van der Waals surface area contributed by atoms with Crippen molar-refractivity contribution in [3.8, 4) is 0 Å². The molecule has 0 N–H and O–H groups in total. The van der Waals surface area contributed by atoms with Crippen LogP contribution in [-0.4, -0.2) is 14.8 Å². The third-order valence-corrected chi connectivity index (χ3v) is 6.24. The number of aryl methyl sites for hydroxylation is 1. The van der Waals surface area contributed by atoms with Gasteiger partial charge in [-0.05, 0) is 42.5 Å². The summed E-state index contributed by atoms with van der Waals surface area (Å²) in [5.41, 5.74) is 2.53. The lowest BCUT2D eigenvalue weighted by Gasteiger charge is -2.17. The fraction of sp³-hybridized carbons (Fsp3) is 0.286. The molecule has 0 amide bonds. The van der Waals surface area contributed by atoms with Crippen molar-refractivity contribution in [3.63, 3.8) is 0 Å². The predicted molar refractivity (Wildman–Crippen MR) is 113 cm³/mol. The molecule has 1 heterocycles. The molecular formula is C21H22Cl2N2S. The summed E-state index contributed by atoms with van der Waals surface area (Å²) in [7, 11) is 0. The second-order valence-electron chi connectivity index (χ2n) is 6.30. The Morgan fingerprint density at radius 2 is 1.92 bits per heavy atom. The maximum atomic E-state index is 6.34. The molecule has 26 heavy (non-hydrogen) atoms. The lowest BCUT2D eigenvalue weighted by atomic mass is 10.1. The number of thioether (sulfide) groups is 1. The van der Waals surface area contributed by atoms with E-state index in [1.165, 1.54) is 5.56 Å². The molecule has 5 heteroatoms. The van der Waals surface area contributed by atoms with Crippen LogP contribution in [0.3, 0.4) is 0 Å². The minimum absolute atomic E-state index is 0.549. The maximum absolute atomic E-state index is 6.34. The van der Waals surface area contributed by atoms with Crippen LogP contribution in [0.4, 0.5) is 0 Å². The van der Waals surface area contributed by atoms with Crippen molar-refractivity contribution in [1.29, 1.82) is 0 Å². The van der Waals surface area contributed by atoms with Gasteiger partial charge in [-0.15, -0.1) is 0 Å². The van der Waals surface area contributed by atoms with Gasteiger partial charge in [-0.25, -0.2) is 4.98 Å². The second-order valence-corrected chi connectivity index (χ2v) is 8.43. The molecule has 136 valence electrons. The van der Waals surface area contributed by atoms with E-state index in [0.29, 0.717) is 10.3 Å². The average molecular weight is 405 g/mol. The fourth-order valence-corrected chi connectivity index (χ4v) is 4.75. The van der Waals surface area contributed by atoms with Gasteiger partial charge in [0.05, 0.1) is 6.33 Å². The van der Waals surface area contributed by atoms with Gasteiger partial charge < -0.3 is 4.57 Å². The number of rotatable bonds is 9. The van der Waals surface area contributed by atoms with Crippen LogP contribution in [0.1, 0.15) is 24.0 Å². The molecule has 2 aromatic carbocycles. The third kappa shape index (κ3) is 6.08. The first-order valence-electron chi connectivity index (χ1n) is 8.76. The van der Waals surface area contributed by atoms with Gasteiger partial charge in [0.15, 0.2) is 0 Å². The smallest absolute Gasteiger partial charge is 0.0945 e. The zero-order valence-electron chi connectivity index (χ0n) is 14.5. The summed E-state index contributed by atoms with van der Waals surface area (Å²) in [6.45, 7) is 1.01. The van der Waals surface area contributed by atoms with Crippen molar-refractivity contribution in [1.82, 2.24) is 9.55 Å². The SMILES string of the molecule is Clc1ccc(CSC(CCCn2ccnc2)Cc2ccccc2)c(Cl)c1. The van der Waals surface area contributed by atoms with E-state index >= 15 is 0 Å². The number of hydrogen-bond donors (Lipinski definition) is 0. The number of aromatic nitrogens is 2. The van der Waals surface area contributed by atoms with E-state index in [4.69, 9.17) is 23.2 Å². The topological polar surface area (TPSA) is 17.8 Å². The van der Waals surface area contributed by atoms with Crippen LogP contribution in [0.25, 0.3) is 0 Å². The molecule has 0 saturated carbocycles. The van der Waals surface area contributed by atoms with Crippen LogP contribution < -0.4 is 0 Å². The summed E-state index contributed by atoms with van der Waals surface area (Å²) in [6.07, 6.45) is 9.09. The molecule has 1 atom stereocenters. The third-order valence-electron chi connectivity index (χ3n) is 4.30. The predicted octanol–water partition coefficient (Wildman–Crippen LogP) is 6.51. The minimum atomic E-state index is 0.549. The van der Waals surface area contributed by atoms with E-state index in [2.05, 4.69) is 39.9 Å². The molecule has 0 bridgehead atoms. The van der Waals surface area contributed by atoms with Crippen molar-refractivity contribution in [3.05, 3.63) is 88.4 Å². The Balaban J connectivity index is 1.59. The number of imidazole rings is 1. The van der Waals surface area contributed by atoms with Gasteiger partial charge in [0, 0.05) is 40.0 Å². The summed E-state index contributed by atoms with van der Waals surface area (Å²) in [6, 6.07) is 16.5. The molecule has 0 saturated heterocycles. The fourth-order valence-electron chi connectivity index (χ4n) is 2.89. The number of nitrogens with zero attached hydrogens (tertiary/aromatic N) is 2. The molecule has 0 spiro atoms. The van der Waals surface area contributed by atoms with Crippen LogP contribution in [0.2, 0.25) is 10.0 Å². The summed E-state index contributed by atoms with van der Waals surface area (Å²) in [5, 5.41) is 1.99. The van der Waals surface area contributed by atoms with E-state index < -0.39 is 0 Å². The van der Waals surface area contributed by atoms with Crippen LogP contribution >= 0.6 is 35.0 Å². The van der Waals surface area contributed by atoms with Gasteiger partial charge in [0.25, 0.3) is 0 Å². The summed E-state index contributed by atoms with van der Waals surface area (Å²) in [4.78, 5) is 4.11. The van der Waals surface area contributed by atoms with Crippen molar-refractivity contribution >= 4 is 35.0 Å². The van der Waals surface area contributed by atoms with Crippen LogP contribution in [0, 0.1) is 0 Å². The summed E-state index contributed by atoms with van der Waals surface area (Å²) in [5.74, 6) is 0.901. The first kappa shape index (κ1) is 19.3. The second kappa shape index (κ2) is 10.1. The van der Waals surface area contributed by atoms with Gasteiger partial charge in [0.2, 0.25) is 0 Å². The van der Waals surface area contributed by atoms with E-state index in [1.807, 2.05) is 48.7 Å². The van der Waals surface area contributed by atoms with Gasteiger partial charge in [-0.2, -0.15) is 11.8 Å². The van der Waals surface area contributed by atoms with Gasteiger partial charge in [0.1, 0.15) is 0 Å². The lowest BCUT2D eigenvalue weighted by Crippen LogP contribution is -2.09. The van der Waals surface area contributed by atoms with Crippen LogP contribution in [0.15, 0.2) is 67.3 Å². The molecular weight excluding hydrogens is 383 g/mol. The Morgan fingerprint density at radius 3 is 2.65 bits per heavy atom. The van der Waals surface area contributed by atoms with Gasteiger partial charge in [-0.1, -0.05) is 59.6 Å². The van der Waals surface area contributed by atoms with E-state index in [9.17, 15) is 0 Å². The van der Waals surface area contributed by atoms with Crippen molar-refractivity contribution in [2.75, 3.05) is 0 Å². The highest BCUT2D eigenvalue weighted by molar-refractivity contribution is 7.99. The molecule has 2 nitrogen and oxygen atoms in total. The molecule has 0 aliphatic carbocycles. The average Bonchev–Trinajstić information content (AvgIpc) is 3.15.